The summed E-state index contributed by atoms with van der Waals surface area (Å²) in [5.41, 5.74) is 0. The predicted octanol–water partition coefficient (Wildman–Crippen LogP) is 4.91. The molecule has 16 heteroatoms. The molecule has 0 heterocycles. The summed E-state index contributed by atoms with van der Waals surface area (Å²) in [7, 11) is -18.0. The highest BCUT2D eigenvalue weighted by atomic mass is 79.9. The van der Waals surface area contributed by atoms with Crippen molar-refractivity contribution in [2.24, 2.45) is 0 Å². The van der Waals surface area contributed by atoms with Crippen LogP contribution in [0.5, 0.6) is 0 Å². The summed E-state index contributed by atoms with van der Waals surface area (Å²) in [6, 6.07) is 0. The van der Waals surface area contributed by atoms with E-state index in [0.29, 0.717) is 0 Å². The van der Waals surface area contributed by atoms with Crippen LogP contribution in [0.4, 0.5) is 51.8 Å². The van der Waals surface area contributed by atoms with Gasteiger partial charge in [-0.15, -0.1) is 0 Å². The van der Waals surface area contributed by atoms with Crippen LogP contribution in [0.15, 0.2) is 0 Å². The van der Waals surface area contributed by atoms with Gasteiger partial charge in [-0.2, -0.15) is 0 Å². The highest BCUT2D eigenvalue weighted by Crippen LogP contribution is 2.07. The Kier molecular flexibility index (Phi) is 16.5. The van der Waals surface area contributed by atoms with Gasteiger partial charge in [-0.1, -0.05) is 15.9 Å². The Hall–Kier alpha value is -0.165. The van der Waals surface area contributed by atoms with Crippen molar-refractivity contribution in [3.8, 4) is 0 Å². The number of alkyl halides is 1. The molecule has 0 aromatic rings. The SMILES string of the molecule is CBr.F[B-](F)(F)F.F[B-](F)(F)F.F[B-](F)(F)F. The fraction of sp³-hybridized carbons (Fsp3) is 1.00. The Morgan fingerprint density at radius 3 is 0.412 bits per heavy atom. The van der Waals surface area contributed by atoms with Crippen molar-refractivity contribution in [1.82, 2.24) is 0 Å². The van der Waals surface area contributed by atoms with Crippen LogP contribution in [-0.2, 0) is 0 Å². The first-order valence-electron chi connectivity index (χ1n) is 3.00. The molecule has 110 valence electrons. The van der Waals surface area contributed by atoms with Crippen molar-refractivity contribution in [2.45, 2.75) is 0 Å². The lowest BCUT2D eigenvalue weighted by molar-refractivity contribution is 0.366. The first-order valence-corrected chi connectivity index (χ1v) is 4.58. The zero-order valence-electron chi connectivity index (χ0n) is 7.65. The van der Waals surface area contributed by atoms with E-state index in [4.69, 9.17) is 0 Å². The summed E-state index contributed by atoms with van der Waals surface area (Å²) in [5, 5.41) is 0. The van der Waals surface area contributed by atoms with Crippen molar-refractivity contribution in [1.29, 1.82) is 0 Å². The average Bonchev–Trinajstić information content (AvgIpc) is 1.77. The van der Waals surface area contributed by atoms with E-state index >= 15 is 0 Å². The van der Waals surface area contributed by atoms with E-state index < -0.39 is 21.8 Å². The van der Waals surface area contributed by atoms with E-state index in [1.165, 1.54) is 0 Å². The summed E-state index contributed by atoms with van der Waals surface area (Å²) in [4.78, 5) is 0. The molecule has 0 aromatic heterocycles. The Labute approximate surface area is 96.2 Å². The van der Waals surface area contributed by atoms with Crippen molar-refractivity contribution >= 4 is 37.7 Å². The molecule has 0 atom stereocenters. The predicted molar refractivity (Wildman–Crippen MR) is 45.4 cm³/mol. The van der Waals surface area contributed by atoms with Crippen molar-refractivity contribution < 1.29 is 51.8 Å². The summed E-state index contributed by atoms with van der Waals surface area (Å²) < 4.78 is 117. The molecule has 17 heavy (non-hydrogen) atoms. The Morgan fingerprint density at radius 1 is 0.412 bits per heavy atom. The Morgan fingerprint density at radius 2 is 0.412 bits per heavy atom. The third-order valence-corrected chi connectivity index (χ3v) is 0. The van der Waals surface area contributed by atoms with Gasteiger partial charge in [0.15, 0.2) is 0 Å². The van der Waals surface area contributed by atoms with Crippen LogP contribution in [0.1, 0.15) is 0 Å². The number of hydrogen-bond donors (Lipinski definition) is 0. The van der Waals surface area contributed by atoms with Crippen molar-refractivity contribution in [3.05, 3.63) is 0 Å². The standard InChI is InChI=1S/CH3Br.3BF4/c1-2;3*2-1(3,4)5/h1H3;;;/q;3*-1. The molecule has 0 spiro atoms. The first-order chi connectivity index (χ1) is 7.00. The molecule has 0 rings (SSSR count). The van der Waals surface area contributed by atoms with Crippen molar-refractivity contribution in [3.63, 3.8) is 0 Å². The van der Waals surface area contributed by atoms with E-state index in [0.717, 1.165) is 0 Å². The molecule has 0 aliphatic heterocycles. The molecule has 0 radical (unpaired) electrons. The maximum Gasteiger partial charge on any atom is 0.673 e. The first kappa shape index (κ1) is 25.6. The van der Waals surface area contributed by atoms with Crippen LogP contribution in [0.2, 0.25) is 0 Å². The fourth-order valence-corrected chi connectivity index (χ4v) is 0. The van der Waals surface area contributed by atoms with E-state index in [9.17, 15) is 51.8 Å². The lowest BCUT2D eigenvalue weighted by Crippen LogP contribution is -2.02. The maximum absolute atomic E-state index is 9.75. The number of halogens is 13. The summed E-state index contributed by atoms with van der Waals surface area (Å²) in [6.07, 6.45) is 0. The van der Waals surface area contributed by atoms with Gasteiger partial charge < -0.3 is 51.8 Å². The minimum absolute atomic E-state index is 1.81. The number of rotatable bonds is 0. The second kappa shape index (κ2) is 11.0. The van der Waals surface area contributed by atoms with Gasteiger partial charge in [-0.3, -0.25) is 0 Å². The summed E-state index contributed by atoms with van der Waals surface area (Å²) in [5.74, 6) is 1.81. The molecular formula is CH3B3BrF12-3. The minimum Gasteiger partial charge on any atom is -0.418 e. The van der Waals surface area contributed by atoms with Crippen LogP contribution in [-0.4, -0.2) is 27.6 Å². The fourth-order valence-electron chi connectivity index (χ4n) is 0. The van der Waals surface area contributed by atoms with Gasteiger partial charge in [0.25, 0.3) is 0 Å². The molecule has 0 bridgehead atoms. The second-order valence-corrected chi connectivity index (χ2v) is 1.48. The molecule has 0 aliphatic rings. The largest absolute Gasteiger partial charge is 0.673 e. The molecule has 0 unspecified atom stereocenters. The third-order valence-electron chi connectivity index (χ3n) is 0. The van der Waals surface area contributed by atoms with Crippen molar-refractivity contribution in [2.75, 3.05) is 5.83 Å². The van der Waals surface area contributed by atoms with E-state index in [1.807, 2.05) is 5.83 Å². The molecule has 0 N–H and O–H groups in total. The van der Waals surface area contributed by atoms with Crippen LogP contribution in [0.3, 0.4) is 0 Å². The quantitative estimate of drug-likeness (QED) is 0.329. The molecule has 0 fully saturated rings. The highest BCUT2D eigenvalue weighted by Gasteiger charge is 2.21. The van der Waals surface area contributed by atoms with E-state index in [1.54, 1.807) is 0 Å². The van der Waals surface area contributed by atoms with Gasteiger partial charge in [-0.25, -0.2) is 0 Å². The highest BCUT2D eigenvalue weighted by molar-refractivity contribution is 9.08. The molecular weight excluding hydrogens is 352 g/mol. The second-order valence-electron chi connectivity index (χ2n) is 1.48. The van der Waals surface area contributed by atoms with Gasteiger partial charge in [0.05, 0.1) is 0 Å². The van der Waals surface area contributed by atoms with Gasteiger partial charge in [0, 0.05) is 0 Å². The molecule has 0 saturated heterocycles. The topological polar surface area (TPSA) is 0 Å². The van der Waals surface area contributed by atoms with Gasteiger partial charge in [0.2, 0.25) is 0 Å². The molecule has 0 aromatic carbocycles. The zero-order valence-corrected chi connectivity index (χ0v) is 9.23. The molecule has 0 amide bonds. The molecule has 0 saturated carbocycles. The van der Waals surface area contributed by atoms with Crippen LogP contribution in [0, 0.1) is 0 Å². The number of hydrogen-bond acceptors (Lipinski definition) is 0. The van der Waals surface area contributed by atoms with Gasteiger partial charge in [-0.05, 0) is 5.83 Å². The molecule has 0 aliphatic carbocycles. The maximum atomic E-state index is 9.75. The third kappa shape index (κ3) is 111000. The van der Waals surface area contributed by atoms with Crippen LogP contribution >= 0.6 is 15.9 Å². The average molecular weight is 355 g/mol. The minimum atomic E-state index is -6.00. The lowest BCUT2D eigenvalue weighted by atomic mass is 10.3. The lowest BCUT2D eigenvalue weighted by Gasteiger charge is -1.94. The molecule has 0 nitrogen and oxygen atoms in total. The van der Waals surface area contributed by atoms with E-state index in [2.05, 4.69) is 15.9 Å². The van der Waals surface area contributed by atoms with Crippen LogP contribution in [0.25, 0.3) is 0 Å². The normalized spacial score (nSPS) is 10.9. The monoisotopic (exact) mass is 355 g/mol. The van der Waals surface area contributed by atoms with Gasteiger partial charge >= 0.3 is 21.8 Å². The van der Waals surface area contributed by atoms with E-state index in [-0.39, 0.29) is 0 Å². The Bertz CT molecular complexity index is 96.8. The summed E-state index contributed by atoms with van der Waals surface area (Å²) in [6.45, 7) is 0. The van der Waals surface area contributed by atoms with Gasteiger partial charge in [0.1, 0.15) is 0 Å². The Balaban J connectivity index is -0.0000000693. The zero-order chi connectivity index (χ0) is 15.5. The van der Waals surface area contributed by atoms with Crippen LogP contribution < -0.4 is 0 Å². The summed E-state index contributed by atoms with van der Waals surface area (Å²) >= 11 is 2.94. The smallest absolute Gasteiger partial charge is 0.418 e.